The Hall–Kier alpha value is -0.220. The summed E-state index contributed by atoms with van der Waals surface area (Å²) in [6.45, 7) is 4.29. The third kappa shape index (κ3) is 2.38. The Morgan fingerprint density at radius 2 is 2.33 bits per heavy atom. The molecule has 1 amide bonds. The third-order valence-electron chi connectivity index (χ3n) is 1.87. The number of hydrogen-bond acceptors (Lipinski definition) is 3. The van der Waals surface area contributed by atoms with Gasteiger partial charge < -0.3 is 9.64 Å². The van der Waals surface area contributed by atoms with Crippen LogP contribution in [-0.4, -0.2) is 48.6 Å². The van der Waals surface area contributed by atoms with Gasteiger partial charge in [0.15, 0.2) is 0 Å². The predicted molar refractivity (Wildman–Crippen MR) is 50.4 cm³/mol. The highest BCUT2D eigenvalue weighted by molar-refractivity contribution is 7.99. The van der Waals surface area contributed by atoms with Crippen LogP contribution in [0.2, 0.25) is 0 Å². The average Bonchev–Trinajstić information content (AvgIpc) is 1.96. The fourth-order valence-corrected chi connectivity index (χ4v) is 1.63. The van der Waals surface area contributed by atoms with Gasteiger partial charge in [0.2, 0.25) is 5.91 Å². The van der Waals surface area contributed by atoms with Crippen molar-refractivity contribution in [3.63, 3.8) is 0 Å². The van der Waals surface area contributed by atoms with Crippen LogP contribution in [-0.2, 0) is 9.53 Å². The maximum absolute atomic E-state index is 11.2. The molecule has 0 aromatic carbocycles. The standard InChI is InChI=1S/C8H15NO2S/c1-3-11-7-4-9(5-7)8(10)6-12-2/h7H,3-6H2,1-2H3. The molecule has 1 fully saturated rings. The van der Waals surface area contributed by atoms with Crippen LogP contribution >= 0.6 is 11.8 Å². The second-order valence-corrected chi connectivity index (χ2v) is 3.68. The fourth-order valence-electron chi connectivity index (χ4n) is 1.20. The molecule has 0 aliphatic carbocycles. The molecule has 1 aliphatic rings. The number of nitrogens with zero attached hydrogens (tertiary/aromatic N) is 1. The number of thioether (sulfide) groups is 1. The number of hydrogen-bond donors (Lipinski definition) is 0. The molecule has 70 valence electrons. The van der Waals surface area contributed by atoms with Crippen molar-refractivity contribution < 1.29 is 9.53 Å². The molecule has 1 heterocycles. The van der Waals surface area contributed by atoms with Crippen LogP contribution in [0.4, 0.5) is 0 Å². The summed E-state index contributed by atoms with van der Waals surface area (Å²) in [7, 11) is 0. The molecule has 1 aliphatic heterocycles. The fraction of sp³-hybridized carbons (Fsp3) is 0.875. The maximum atomic E-state index is 11.2. The summed E-state index contributed by atoms with van der Waals surface area (Å²) < 4.78 is 5.34. The van der Waals surface area contributed by atoms with Gasteiger partial charge >= 0.3 is 0 Å². The lowest BCUT2D eigenvalue weighted by atomic mass is 10.2. The molecule has 1 saturated heterocycles. The summed E-state index contributed by atoms with van der Waals surface area (Å²) in [5, 5.41) is 0. The molecule has 1 rings (SSSR count). The molecular formula is C8H15NO2S. The van der Waals surface area contributed by atoms with Gasteiger partial charge in [-0.15, -0.1) is 0 Å². The summed E-state index contributed by atoms with van der Waals surface area (Å²) >= 11 is 1.57. The lowest BCUT2D eigenvalue weighted by molar-refractivity contribution is -0.141. The van der Waals surface area contributed by atoms with Crippen molar-refractivity contribution >= 4 is 17.7 Å². The van der Waals surface area contributed by atoms with E-state index in [2.05, 4.69) is 0 Å². The quantitative estimate of drug-likeness (QED) is 0.648. The van der Waals surface area contributed by atoms with Gasteiger partial charge in [0.1, 0.15) is 0 Å². The first-order chi connectivity index (χ1) is 5.77. The number of rotatable bonds is 4. The minimum Gasteiger partial charge on any atom is -0.375 e. The van der Waals surface area contributed by atoms with Crippen LogP contribution in [0.15, 0.2) is 0 Å². The number of ether oxygens (including phenoxy) is 1. The first kappa shape index (κ1) is 9.86. The van der Waals surface area contributed by atoms with Crippen molar-refractivity contribution in [2.45, 2.75) is 13.0 Å². The van der Waals surface area contributed by atoms with Crippen molar-refractivity contribution in [1.82, 2.24) is 4.90 Å². The Balaban J connectivity index is 2.12. The first-order valence-electron chi connectivity index (χ1n) is 4.16. The van der Waals surface area contributed by atoms with Gasteiger partial charge in [-0.25, -0.2) is 0 Å². The molecular weight excluding hydrogens is 174 g/mol. The molecule has 3 nitrogen and oxygen atoms in total. The molecule has 0 aromatic rings. The monoisotopic (exact) mass is 189 g/mol. The lowest BCUT2D eigenvalue weighted by Crippen LogP contribution is -2.55. The van der Waals surface area contributed by atoms with E-state index in [1.165, 1.54) is 0 Å². The SMILES string of the molecule is CCOC1CN(C(=O)CSC)C1. The topological polar surface area (TPSA) is 29.5 Å². The van der Waals surface area contributed by atoms with Gasteiger partial charge in [0, 0.05) is 19.7 Å². The van der Waals surface area contributed by atoms with Crippen LogP contribution < -0.4 is 0 Å². The van der Waals surface area contributed by atoms with Gasteiger partial charge in [-0.1, -0.05) is 0 Å². The average molecular weight is 189 g/mol. The number of likely N-dealkylation sites (tertiary alicyclic amines) is 1. The molecule has 0 spiro atoms. The van der Waals surface area contributed by atoms with Gasteiger partial charge in [-0.05, 0) is 13.2 Å². The third-order valence-corrected chi connectivity index (χ3v) is 2.41. The summed E-state index contributed by atoms with van der Waals surface area (Å²) in [5.41, 5.74) is 0. The minimum absolute atomic E-state index is 0.235. The minimum atomic E-state index is 0.235. The molecule has 4 heteroatoms. The van der Waals surface area contributed by atoms with E-state index in [0.717, 1.165) is 19.7 Å². The molecule has 0 bridgehead atoms. The Labute approximate surface area is 77.4 Å². The molecule has 12 heavy (non-hydrogen) atoms. The zero-order valence-electron chi connectivity index (χ0n) is 7.58. The summed E-state index contributed by atoms with van der Waals surface area (Å²) in [5.74, 6) is 0.831. The predicted octanol–water partition coefficient (Wildman–Crippen LogP) is 0.597. The molecule has 0 atom stereocenters. The van der Waals surface area contributed by atoms with E-state index in [1.54, 1.807) is 11.8 Å². The van der Waals surface area contributed by atoms with Crippen molar-refractivity contribution in [3.05, 3.63) is 0 Å². The Kier molecular flexibility index (Phi) is 3.88. The van der Waals surface area contributed by atoms with Crippen LogP contribution in [0.5, 0.6) is 0 Å². The van der Waals surface area contributed by atoms with Crippen LogP contribution in [0, 0.1) is 0 Å². The second kappa shape index (κ2) is 4.72. The molecule has 0 saturated carbocycles. The van der Waals surface area contributed by atoms with E-state index < -0.39 is 0 Å². The molecule has 0 unspecified atom stereocenters. The van der Waals surface area contributed by atoms with E-state index in [9.17, 15) is 4.79 Å². The Morgan fingerprint density at radius 1 is 1.67 bits per heavy atom. The van der Waals surface area contributed by atoms with Crippen LogP contribution in [0.3, 0.4) is 0 Å². The zero-order valence-corrected chi connectivity index (χ0v) is 8.39. The van der Waals surface area contributed by atoms with Crippen LogP contribution in [0.25, 0.3) is 0 Å². The maximum Gasteiger partial charge on any atom is 0.232 e. The van der Waals surface area contributed by atoms with Crippen molar-refractivity contribution in [2.75, 3.05) is 31.7 Å². The highest BCUT2D eigenvalue weighted by atomic mass is 32.2. The van der Waals surface area contributed by atoms with Gasteiger partial charge in [0.05, 0.1) is 11.9 Å². The van der Waals surface area contributed by atoms with E-state index in [1.807, 2.05) is 18.1 Å². The van der Waals surface area contributed by atoms with Crippen LogP contribution in [0.1, 0.15) is 6.92 Å². The van der Waals surface area contributed by atoms with Gasteiger partial charge in [-0.3, -0.25) is 4.79 Å². The second-order valence-electron chi connectivity index (χ2n) is 2.81. The normalized spacial score (nSPS) is 17.7. The van der Waals surface area contributed by atoms with E-state index in [0.29, 0.717) is 11.9 Å². The number of amides is 1. The summed E-state index contributed by atoms with van der Waals surface area (Å²) in [4.78, 5) is 13.1. The highest BCUT2D eigenvalue weighted by Crippen LogP contribution is 2.12. The zero-order chi connectivity index (χ0) is 8.97. The molecule has 0 N–H and O–H groups in total. The lowest BCUT2D eigenvalue weighted by Gasteiger charge is -2.38. The largest absolute Gasteiger partial charge is 0.375 e. The Morgan fingerprint density at radius 3 is 2.83 bits per heavy atom. The van der Waals surface area contributed by atoms with E-state index in [4.69, 9.17) is 4.74 Å². The van der Waals surface area contributed by atoms with E-state index >= 15 is 0 Å². The van der Waals surface area contributed by atoms with Crippen molar-refractivity contribution in [2.24, 2.45) is 0 Å². The van der Waals surface area contributed by atoms with Crippen molar-refractivity contribution in [1.29, 1.82) is 0 Å². The number of carbonyl (C=O) groups excluding carboxylic acids is 1. The highest BCUT2D eigenvalue weighted by Gasteiger charge is 2.30. The first-order valence-corrected chi connectivity index (χ1v) is 5.55. The Bertz CT molecular complexity index is 157. The molecule has 0 aromatic heterocycles. The number of carbonyl (C=O) groups is 1. The molecule has 0 radical (unpaired) electrons. The van der Waals surface area contributed by atoms with Gasteiger partial charge in [0.25, 0.3) is 0 Å². The summed E-state index contributed by atoms with van der Waals surface area (Å²) in [6, 6.07) is 0. The van der Waals surface area contributed by atoms with Gasteiger partial charge in [-0.2, -0.15) is 11.8 Å². The summed E-state index contributed by atoms with van der Waals surface area (Å²) in [6.07, 6.45) is 2.23. The van der Waals surface area contributed by atoms with Crippen molar-refractivity contribution in [3.8, 4) is 0 Å². The van der Waals surface area contributed by atoms with E-state index in [-0.39, 0.29) is 5.91 Å². The smallest absolute Gasteiger partial charge is 0.232 e.